The zero-order valence-corrected chi connectivity index (χ0v) is 18.5. The van der Waals surface area contributed by atoms with E-state index in [0.29, 0.717) is 35.1 Å². The van der Waals surface area contributed by atoms with Crippen LogP contribution in [0.15, 0.2) is 42.5 Å². The van der Waals surface area contributed by atoms with E-state index in [2.05, 4.69) is 26.1 Å². The maximum Gasteiger partial charge on any atom is 0.255 e. The molecule has 1 heterocycles. The maximum absolute atomic E-state index is 13.1. The van der Waals surface area contributed by atoms with Crippen molar-refractivity contribution >= 4 is 35.0 Å². The third-order valence-electron chi connectivity index (χ3n) is 5.15. The Morgan fingerprint density at radius 3 is 2.38 bits per heavy atom. The minimum atomic E-state index is -0.609. The van der Waals surface area contributed by atoms with E-state index in [9.17, 15) is 9.59 Å². The van der Waals surface area contributed by atoms with Crippen molar-refractivity contribution in [3.8, 4) is 0 Å². The van der Waals surface area contributed by atoms with Gasteiger partial charge in [0.25, 0.3) is 5.91 Å². The van der Waals surface area contributed by atoms with Crippen molar-refractivity contribution in [2.45, 2.75) is 39.7 Å². The summed E-state index contributed by atoms with van der Waals surface area (Å²) in [5.41, 5.74) is 2.25. The van der Waals surface area contributed by atoms with Gasteiger partial charge >= 0.3 is 0 Å². The Morgan fingerprint density at radius 2 is 1.72 bits per heavy atom. The van der Waals surface area contributed by atoms with Gasteiger partial charge in [0.05, 0.1) is 0 Å². The fraction of sp³-hybridized carbons (Fsp3) is 0.391. The average Bonchev–Trinajstić information content (AvgIpc) is 2.94. The van der Waals surface area contributed by atoms with E-state index >= 15 is 0 Å². The molecule has 0 aromatic heterocycles. The smallest absolute Gasteiger partial charge is 0.255 e. The number of hydrogen-bond acceptors (Lipinski definition) is 2. The number of carbonyl (C=O) groups is 2. The van der Waals surface area contributed by atoms with Crippen LogP contribution < -0.4 is 5.32 Å². The van der Waals surface area contributed by atoms with E-state index in [4.69, 9.17) is 23.2 Å². The molecule has 2 amide bonds. The summed E-state index contributed by atoms with van der Waals surface area (Å²) in [5, 5.41) is 4.13. The molecule has 0 saturated carbocycles. The summed E-state index contributed by atoms with van der Waals surface area (Å²) in [6.45, 7) is 7.31. The van der Waals surface area contributed by atoms with Gasteiger partial charge in [-0.25, -0.2) is 0 Å². The van der Waals surface area contributed by atoms with Crippen molar-refractivity contribution in [3.05, 3.63) is 69.2 Å². The molecule has 2 aromatic rings. The van der Waals surface area contributed by atoms with E-state index in [1.165, 1.54) is 0 Å². The third kappa shape index (κ3) is 4.93. The first-order valence-electron chi connectivity index (χ1n) is 9.79. The lowest BCUT2D eigenvalue weighted by Gasteiger charge is -2.28. The van der Waals surface area contributed by atoms with Crippen LogP contribution in [0.1, 0.15) is 54.7 Å². The van der Waals surface area contributed by atoms with Crippen molar-refractivity contribution in [3.63, 3.8) is 0 Å². The number of nitrogens with zero attached hydrogens (tertiary/aromatic N) is 1. The number of hydrogen-bond donors (Lipinski definition) is 1. The van der Waals surface area contributed by atoms with Gasteiger partial charge in [-0.3, -0.25) is 9.59 Å². The summed E-state index contributed by atoms with van der Waals surface area (Å²) in [5.74, 6) is -0.264. The standard InChI is InChI=1S/C23H26Cl2N2O2/c1-23(2,3)12-14-27-20(15-7-4-5-8-16(15)22(27)29)21(28)26-13-11-17-18(24)9-6-10-19(17)25/h4-10,20H,11-14H2,1-3H3,(H,26,28). The zero-order valence-electron chi connectivity index (χ0n) is 17.0. The van der Waals surface area contributed by atoms with Gasteiger partial charge in [-0.2, -0.15) is 0 Å². The lowest BCUT2D eigenvalue weighted by atomic mass is 9.92. The second-order valence-electron chi connectivity index (χ2n) is 8.54. The van der Waals surface area contributed by atoms with Gasteiger partial charge < -0.3 is 10.2 Å². The molecule has 0 fully saturated rings. The van der Waals surface area contributed by atoms with Crippen LogP contribution in [0.5, 0.6) is 0 Å². The molecule has 1 unspecified atom stereocenters. The SMILES string of the molecule is CC(C)(C)CCN1C(=O)c2ccccc2C1C(=O)NCCc1c(Cl)cccc1Cl. The molecule has 4 nitrogen and oxygen atoms in total. The maximum atomic E-state index is 13.1. The molecule has 3 rings (SSSR count). The molecule has 154 valence electrons. The fourth-order valence-electron chi connectivity index (χ4n) is 3.52. The Bertz CT molecular complexity index is 901. The van der Waals surface area contributed by atoms with Crippen LogP contribution >= 0.6 is 23.2 Å². The molecule has 1 aliphatic rings. The second-order valence-corrected chi connectivity index (χ2v) is 9.35. The lowest BCUT2D eigenvalue weighted by Crippen LogP contribution is -2.41. The highest BCUT2D eigenvalue weighted by Gasteiger charge is 2.40. The highest BCUT2D eigenvalue weighted by molar-refractivity contribution is 6.36. The van der Waals surface area contributed by atoms with Crippen LogP contribution in [0, 0.1) is 5.41 Å². The fourth-order valence-corrected chi connectivity index (χ4v) is 4.10. The molecule has 1 aliphatic heterocycles. The van der Waals surface area contributed by atoms with Gasteiger partial charge in [0.2, 0.25) is 5.91 Å². The van der Waals surface area contributed by atoms with Crippen molar-refractivity contribution in [1.82, 2.24) is 10.2 Å². The average molecular weight is 433 g/mol. The van der Waals surface area contributed by atoms with Gasteiger partial charge in [-0.15, -0.1) is 0 Å². The minimum absolute atomic E-state index is 0.0664. The van der Waals surface area contributed by atoms with E-state index in [1.54, 1.807) is 29.2 Å². The van der Waals surface area contributed by atoms with Gasteiger partial charge in [0.15, 0.2) is 0 Å². The summed E-state index contributed by atoms with van der Waals surface area (Å²) < 4.78 is 0. The highest BCUT2D eigenvalue weighted by atomic mass is 35.5. The highest BCUT2D eigenvalue weighted by Crippen LogP contribution is 2.35. The molecule has 0 radical (unpaired) electrons. The Kier molecular flexibility index (Phi) is 6.55. The van der Waals surface area contributed by atoms with Gasteiger partial charge in [0.1, 0.15) is 6.04 Å². The van der Waals surface area contributed by atoms with Crippen molar-refractivity contribution in [1.29, 1.82) is 0 Å². The molecular weight excluding hydrogens is 407 g/mol. The van der Waals surface area contributed by atoms with Gasteiger partial charge in [0, 0.05) is 28.7 Å². The topological polar surface area (TPSA) is 49.4 Å². The number of rotatable bonds is 6. The van der Waals surface area contributed by atoms with Crippen LogP contribution in [0.2, 0.25) is 10.0 Å². The van der Waals surface area contributed by atoms with Crippen molar-refractivity contribution < 1.29 is 9.59 Å². The predicted octanol–water partition coefficient (Wildman–Crippen LogP) is 5.29. The molecule has 0 spiro atoms. The Hall–Kier alpha value is -2.04. The number of benzene rings is 2. The summed E-state index contributed by atoms with van der Waals surface area (Å²) in [6.07, 6.45) is 1.33. The number of halogens is 2. The number of nitrogens with one attached hydrogen (secondary N) is 1. The molecule has 6 heteroatoms. The summed E-state index contributed by atoms with van der Waals surface area (Å²) in [7, 11) is 0. The first-order chi connectivity index (χ1) is 13.7. The monoisotopic (exact) mass is 432 g/mol. The van der Waals surface area contributed by atoms with Crippen LogP contribution in [0.4, 0.5) is 0 Å². The zero-order chi connectivity index (χ0) is 21.2. The van der Waals surface area contributed by atoms with Crippen molar-refractivity contribution in [2.24, 2.45) is 5.41 Å². The molecular formula is C23H26Cl2N2O2. The van der Waals surface area contributed by atoms with Crippen LogP contribution in [0.3, 0.4) is 0 Å². The third-order valence-corrected chi connectivity index (χ3v) is 5.85. The van der Waals surface area contributed by atoms with Crippen molar-refractivity contribution in [2.75, 3.05) is 13.1 Å². The molecule has 1 N–H and O–H groups in total. The lowest BCUT2D eigenvalue weighted by molar-refractivity contribution is -0.125. The normalized spacial score (nSPS) is 16.1. The molecule has 2 aromatic carbocycles. The molecule has 1 atom stereocenters. The van der Waals surface area contributed by atoms with Crippen LogP contribution in [-0.4, -0.2) is 29.8 Å². The Balaban J connectivity index is 1.74. The molecule has 0 bridgehead atoms. The molecule has 29 heavy (non-hydrogen) atoms. The second kappa shape index (κ2) is 8.76. The number of fused-ring (bicyclic) bond motifs is 1. The quantitative estimate of drug-likeness (QED) is 0.674. The van der Waals surface area contributed by atoms with E-state index in [-0.39, 0.29) is 17.2 Å². The summed E-state index contributed by atoms with van der Waals surface area (Å²) >= 11 is 12.4. The van der Waals surface area contributed by atoms with Crippen LogP contribution in [-0.2, 0) is 11.2 Å². The van der Waals surface area contributed by atoms with Crippen LogP contribution in [0.25, 0.3) is 0 Å². The van der Waals surface area contributed by atoms with E-state index in [0.717, 1.165) is 17.5 Å². The summed E-state index contributed by atoms with van der Waals surface area (Å²) in [6, 6.07) is 12.1. The molecule has 0 saturated heterocycles. The molecule has 0 aliphatic carbocycles. The Labute approximate surface area is 182 Å². The minimum Gasteiger partial charge on any atom is -0.354 e. The predicted molar refractivity (Wildman–Crippen MR) is 117 cm³/mol. The first-order valence-corrected chi connectivity index (χ1v) is 10.5. The Morgan fingerprint density at radius 1 is 1.07 bits per heavy atom. The van der Waals surface area contributed by atoms with Gasteiger partial charge in [-0.05, 0) is 47.6 Å². The van der Waals surface area contributed by atoms with Gasteiger partial charge in [-0.1, -0.05) is 68.2 Å². The van der Waals surface area contributed by atoms with E-state index in [1.807, 2.05) is 18.2 Å². The number of carbonyl (C=O) groups excluding carboxylic acids is 2. The van der Waals surface area contributed by atoms with E-state index < -0.39 is 6.04 Å². The number of amides is 2. The first kappa shape index (κ1) is 21.7. The summed E-state index contributed by atoms with van der Waals surface area (Å²) in [4.78, 5) is 27.7. The largest absolute Gasteiger partial charge is 0.354 e.